The number of pyridine rings is 1. The van der Waals surface area contributed by atoms with Crippen LogP contribution < -0.4 is 11.3 Å². The molecule has 0 bridgehead atoms. The normalized spacial score (nSPS) is 11.4. The van der Waals surface area contributed by atoms with Gasteiger partial charge in [-0.3, -0.25) is 4.79 Å². The van der Waals surface area contributed by atoms with E-state index in [1.54, 1.807) is 10.6 Å². The Hall–Kier alpha value is -1.16. The second-order valence-electron chi connectivity index (χ2n) is 4.73. The van der Waals surface area contributed by atoms with Crippen molar-refractivity contribution >= 4 is 17.2 Å². The molecule has 1 rings (SSSR count). The van der Waals surface area contributed by atoms with Crippen LogP contribution >= 0.6 is 12.2 Å². The molecule has 1 heterocycles. The number of hydrogen-bond acceptors (Lipinski definition) is 2. The molecule has 0 amide bonds. The molecule has 0 spiro atoms. The lowest BCUT2D eigenvalue weighted by Crippen LogP contribution is -2.32. The topological polar surface area (TPSA) is 48.0 Å². The van der Waals surface area contributed by atoms with E-state index in [1.165, 1.54) is 0 Å². The largest absolute Gasteiger partial charge is 0.393 e. The molecule has 2 N–H and O–H groups in total. The summed E-state index contributed by atoms with van der Waals surface area (Å²) in [5.41, 5.74) is 6.44. The molecule has 0 radical (unpaired) electrons. The zero-order valence-electron chi connectivity index (χ0n) is 9.99. The third-order valence-electron chi connectivity index (χ3n) is 2.80. The van der Waals surface area contributed by atoms with E-state index >= 15 is 0 Å². The number of aromatic nitrogens is 1. The Kier molecular flexibility index (Phi) is 3.86. The highest BCUT2D eigenvalue weighted by atomic mass is 32.1. The number of rotatable bonds is 4. The molecule has 1 aromatic rings. The van der Waals surface area contributed by atoms with Crippen LogP contribution in [0.25, 0.3) is 0 Å². The van der Waals surface area contributed by atoms with Crippen molar-refractivity contribution in [3.05, 3.63) is 34.2 Å². The van der Waals surface area contributed by atoms with E-state index in [-0.39, 0.29) is 11.0 Å². The van der Waals surface area contributed by atoms with Crippen LogP contribution in [0, 0.1) is 12.3 Å². The van der Waals surface area contributed by atoms with Crippen molar-refractivity contribution < 1.29 is 0 Å². The van der Waals surface area contributed by atoms with Crippen molar-refractivity contribution in [2.75, 3.05) is 0 Å². The maximum Gasteiger partial charge on any atom is 0.250 e. The Balaban J connectivity index is 2.76. The minimum Gasteiger partial charge on any atom is -0.393 e. The first-order valence-electron chi connectivity index (χ1n) is 5.30. The molecule has 0 aliphatic heterocycles. The van der Waals surface area contributed by atoms with Crippen molar-refractivity contribution in [3.63, 3.8) is 0 Å². The lowest BCUT2D eigenvalue weighted by Gasteiger charge is -2.23. The average Bonchev–Trinajstić information content (AvgIpc) is 2.16. The van der Waals surface area contributed by atoms with Crippen LogP contribution in [0.15, 0.2) is 23.1 Å². The van der Waals surface area contributed by atoms with Gasteiger partial charge in [0, 0.05) is 24.2 Å². The predicted octanol–water partition coefficient (Wildman–Crippen LogP) is 1.86. The number of aryl methyl sites for hydroxylation is 2. The maximum absolute atomic E-state index is 11.6. The number of nitrogens with two attached hydrogens (primary N) is 1. The maximum atomic E-state index is 11.6. The second-order valence-corrected chi connectivity index (χ2v) is 5.17. The van der Waals surface area contributed by atoms with E-state index in [4.69, 9.17) is 18.0 Å². The van der Waals surface area contributed by atoms with Gasteiger partial charge in [-0.15, -0.1) is 0 Å². The average molecular weight is 238 g/mol. The summed E-state index contributed by atoms with van der Waals surface area (Å²) >= 11 is 4.99. The van der Waals surface area contributed by atoms with E-state index in [1.807, 2.05) is 33.0 Å². The fraction of sp³-hybridized carbons (Fsp3) is 0.500. The first-order chi connectivity index (χ1) is 7.33. The quantitative estimate of drug-likeness (QED) is 0.814. The van der Waals surface area contributed by atoms with E-state index in [0.717, 1.165) is 12.0 Å². The molecule has 88 valence electrons. The SMILES string of the molecule is Cc1ccn(CCC(C)(C)C(N)=S)c(=O)c1. The van der Waals surface area contributed by atoms with E-state index in [0.29, 0.717) is 11.5 Å². The van der Waals surface area contributed by atoms with Crippen LogP contribution in [0.5, 0.6) is 0 Å². The molecule has 0 saturated heterocycles. The van der Waals surface area contributed by atoms with Gasteiger partial charge in [0.05, 0.1) is 4.99 Å². The molecule has 0 aromatic carbocycles. The van der Waals surface area contributed by atoms with Gasteiger partial charge in [-0.05, 0) is 25.0 Å². The van der Waals surface area contributed by atoms with Crippen molar-refractivity contribution in [3.8, 4) is 0 Å². The van der Waals surface area contributed by atoms with Crippen LogP contribution in [-0.2, 0) is 6.54 Å². The number of hydrogen-bond donors (Lipinski definition) is 1. The zero-order valence-corrected chi connectivity index (χ0v) is 10.8. The van der Waals surface area contributed by atoms with Crippen LogP contribution in [-0.4, -0.2) is 9.56 Å². The van der Waals surface area contributed by atoms with Gasteiger partial charge in [-0.2, -0.15) is 0 Å². The third kappa shape index (κ3) is 3.17. The lowest BCUT2D eigenvalue weighted by molar-refractivity contribution is 0.430. The summed E-state index contributed by atoms with van der Waals surface area (Å²) in [6, 6.07) is 3.56. The van der Waals surface area contributed by atoms with E-state index in [2.05, 4.69) is 0 Å². The highest BCUT2D eigenvalue weighted by Crippen LogP contribution is 2.20. The first kappa shape index (κ1) is 12.9. The van der Waals surface area contributed by atoms with Crippen LogP contribution in [0.1, 0.15) is 25.8 Å². The molecular formula is C12H18N2OS. The number of nitrogens with zero attached hydrogens (tertiary/aromatic N) is 1. The Labute approximate surface area is 101 Å². The van der Waals surface area contributed by atoms with Crippen molar-refractivity contribution in [1.29, 1.82) is 0 Å². The summed E-state index contributed by atoms with van der Waals surface area (Å²) in [4.78, 5) is 12.1. The first-order valence-corrected chi connectivity index (χ1v) is 5.71. The van der Waals surface area contributed by atoms with Gasteiger partial charge in [0.1, 0.15) is 0 Å². The molecule has 0 saturated carbocycles. The molecule has 0 fully saturated rings. The van der Waals surface area contributed by atoms with Crippen LogP contribution in [0.4, 0.5) is 0 Å². The minimum atomic E-state index is -0.209. The monoisotopic (exact) mass is 238 g/mol. The highest BCUT2D eigenvalue weighted by molar-refractivity contribution is 7.80. The zero-order chi connectivity index (χ0) is 12.3. The summed E-state index contributed by atoms with van der Waals surface area (Å²) in [5, 5.41) is 0. The van der Waals surface area contributed by atoms with Crippen LogP contribution in [0.3, 0.4) is 0 Å². The van der Waals surface area contributed by atoms with Gasteiger partial charge in [0.15, 0.2) is 0 Å². The van der Waals surface area contributed by atoms with E-state index in [9.17, 15) is 4.79 Å². The molecule has 3 nitrogen and oxygen atoms in total. The highest BCUT2D eigenvalue weighted by Gasteiger charge is 2.20. The Morgan fingerprint density at radius 3 is 2.69 bits per heavy atom. The van der Waals surface area contributed by atoms with Gasteiger partial charge >= 0.3 is 0 Å². The lowest BCUT2D eigenvalue weighted by atomic mass is 9.89. The number of thiocarbonyl (C=S) groups is 1. The fourth-order valence-electron chi connectivity index (χ4n) is 1.31. The molecule has 4 heteroatoms. The Morgan fingerprint density at radius 1 is 1.56 bits per heavy atom. The summed E-state index contributed by atoms with van der Waals surface area (Å²) in [6.07, 6.45) is 2.58. The Morgan fingerprint density at radius 2 is 2.19 bits per heavy atom. The predicted molar refractivity (Wildman–Crippen MR) is 70.6 cm³/mol. The van der Waals surface area contributed by atoms with Gasteiger partial charge < -0.3 is 10.3 Å². The van der Waals surface area contributed by atoms with Gasteiger partial charge in [0.25, 0.3) is 5.56 Å². The molecule has 1 aromatic heterocycles. The minimum absolute atomic E-state index is 0.0266. The standard InChI is InChI=1S/C12H18N2OS/c1-9-4-6-14(10(15)8-9)7-5-12(2,3)11(13)16/h4,6,8H,5,7H2,1-3H3,(H2,13,16). The molecule has 0 unspecified atom stereocenters. The summed E-state index contributed by atoms with van der Waals surface area (Å²) in [5.74, 6) is 0. The van der Waals surface area contributed by atoms with Crippen molar-refractivity contribution in [2.24, 2.45) is 11.1 Å². The summed E-state index contributed by atoms with van der Waals surface area (Å²) in [7, 11) is 0. The molecule has 0 aliphatic carbocycles. The summed E-state index contributed by atoms with van der Waals surface area (Å²) < 4.78 is 1.69. The Bertz CT molecular complexity index is 449. The third-order valence-corrected chi connectivity index (χ3v) is 3.35. The second kappa shape index (κ2) is 4.78. The van der Waals surface area contributed by atoms with Crippen molar-refractivity contribution in [1.82, 2.24) is 4.57 Å². The molecule has 16 heavy (non-hydrogen) atoms. The van der Waals surface area contributed by atoms with Crippen molar-refractivity contribution in [2.45, 2.75) is 33.7 Å². The molecule has 0 aliphatic rings. The van der Waals surface area contributed by atoms with Gasteiger partial charge in [-0.25, -0.2) is 0 Å². The summed E-state index contributed by atoms with van der Waals surface area (Å²) in [6.45, 7) is 6.54. The smallest absolute Gasteiger partial charge is 0.250 e. The fourth-order valence-corrected chi connectivity index (χ4v) is 1.42. The van der Waals surface area contributed by atoms with E-state index < -0.39 is 0 Å². The van der Waals surface area contributed by atoms with Gasteiger partial charge in [-0.1, -0.05) is 26.1 Å². The molecule has 0 atom stereocenters. The van der Waals surface area contributed by atoms with Gasteiger partial charge in [0.2, 0.25) is 0 Å². The van der Waals surface area contributed by atoms with Crippen LogP contribution in [0.2, 0.25) is 0 Å². The molecular weight excluding hydrogens is 220 g/mol.